The van der Waals surface area contributed by atoms with E-state index in [1.807, 2.05) is 18.3 Å². The summed E-state index contributed by atoms with van der Waals surface area (Å²) in [5, 5.41) is 13.2. The lowest BCUT2D eigenvalue weighted by Gasteiger charge is -2.45. The van der Waals surface area contributed by atoms with Gasteiger partial charge in [0.05, 0.1) is 12.8 Å². The normalized spacial score (nSPS) is 25.8. The first-order valence-corrected chi connectivity index (χ1v) is 9.02. The third-order valence-corrected chi connectivity index (χ3v) is 6.16. The fourth-order valence-corrected chi connectivity index (χ4v) is 4.59. The predicted octanol–water partition coefficient (Wildman–Crippen LogP) is 4.55. The van der Waals surface area contributed by atoms with Gasteiger partial charge in [-0.15, -0.1) is 0 Å². The van der Waals surface area contributed by atoms with Gasteiger partial charge >= 0.3 is 0 Å². The molecular weight excluding hydrogens is 298 g/mol. The maximum Gasteiger partial charge on any atom is 0.162 e. The number of allylic oxidation sites excluding steroid dienone is 1. The molecule has 0 saturated heterocycles. The summed E-state index contributed by atoms with van der Waals surface area (Å²) in [6.45, 7) is 2.56. The first-order chi connectivity index (χ1) is 11.7. The minimum Gasteiger partial charge on any atom is -0.392 e. The molecular formula is C21H25NO2. The molecule has 0 unspecified atom stereocenters. The van der Waals surface area contributed by atoms with E-state index in [2.05, 4.69) is 30.3 Å². The third-order valence-electron chi connectivity index (χ3n) is 6.16. The highest BCUT2D eigenvalue weighted by Gasteiger charge is 2.42. The van der Waals surface area contributed by atoms with Gasteiger partial charge in [0.1, 0.15) is 0 Å². The first kappa shape index (κ1) is 15.6. The van der Waals surface area contributed by atoms with Crippen LogP contribution in [0.5, 0.6) is 0 Å². The van der Waals surface area contributed by atoms with Crippen molar-refractivity contribution in [3.63, 3.8) is 0 Å². The van der Waals surface area contributed by atoms with Gasteiger partial charge in [-0.1, -0.05) is 41.9 Å². The monoisotopic (exact) mass is 323 g/mol. The molecule has 0 spiro atoms. The lowest BCUT2D eigenvalue weighted by molar-refractivity contribution is 0.169. The second-order valence-electron chi connectivity index (χ2n) is 7.58. The second-order valence-corrected chi connectivity index (χ2v) is 7.58. The maximum atomic E-state index is 9.17. The van der Waals surface area contributed by atoms with Gasteiger partial charge in [0, 0.05) is 5.56 Å². The quantitative estimate of drug-likeness (QED) is 0.898. The van der Waals surface area contributed by atoms with E-state index in [9.17, 15) is 0 Å². The van der Waals surface area contributed by atoms with Gasteiger partial charge in [0.25, 0.3) is 0 Å². The molecule has 0 radical (unpaired) electrons. The summed E-state index contributed by atoms with van der Waals surface area (Å²) >= 11 is 0. The summed E-state index contributed by atoms with van der Waals surface area (Å²) in [5.41, 5.74) is 5.43. The molecule has 2 atom stereocenters. The zero-order chi connectivity index (χ0) is 16.6. The maximum absolute atomic E-state index is 9.17. The Kier molecular flexibility index (Phi) is 4.05. The van der Waals surface area contributed by atoms with E-state index in [-0.39, 0.29) is 12.0 Å². The number of benzene rings is 1. The number of aliphatic hydroxyl groups is 1. The molecule has 0 amide bonds. The molecule has 1 aromatic carbocycles. The van der Waals surface area contributed by atoms with Crippen LogP contribution in [0, 0.1) is 11.3 Å². The van der Waals surface area contributed by atoms with E-state index in [4.69, 9.17) is 9.63 Å². The van der Waals surface area contributed by atoms with Crippen molar-refractivity contribution in [1.82, 2.24) is 5.16 Å². The summed E-state index contributed by atoms with van der Waals surface area (Å²) in [6.07, 6.45) is 11.3. The van der Waals surface area contributed by atoms with Crippen LogP contribution in [0.25, 0.3) is 6.08 Å². The largest absolute Gasteiger partial charge is 0.392 e. The standard InChI is InChI=1S/C21H25NO2/c1-21-12-17-13-22-24-20(17)11-19(21)4-2-3-18(21)10-9-15-5-7-16(14-23)8-6-15/h5-8,11,13,18,23H,2-4,9-10,12,14H2,1H3/t18-,21-/m1/s1. The molecule has 0 aliphatic heterocycles. The number of nitrogens with zero attached hydrogens (tertiary/aromatic N) is 1. The molecule has 1 aromatic heterocycles. The summed E-state index contributed by atoms with van der Waals surface area (Å²) in [7, 11) is 0. The Hall–Kier alpha value is -1.87. The third kappa shape index (κ3) is 2.71. The van der Waals surface area contributed by atoms with Crippen LogP contribution in [0.4, 0.5) is 0 Å². The molecule has 2 aromatic rings. The lowest BCUT2D eigenvalue weighted by atomic mass is 9.59. The topological polar surface area (TPSA) is 46.3 Å². The number of aromatic nitrogens is 1. The van der Waals surface area contributed by atoms with E-state index in [0.717, 1.165) is 24.2 Å². The summed E-state index contributed by atoms with van der Waals surface area (Å²) < 4.78 is 5.39. The highest BCUT2D eigenvalue weighted by molar-refractivity contribution is 5.57. The van der Waals surface area contributed by atoms with Crippen LogP contribution < -0.4 is 0 Å². The molecule has 3 heteroatoms. The molecule has 24 heavy (non-hydrogen) atoms. The molecule has 0 bridgehead atoms. The Balaban J connectivity index is 1.50. The Bertz CT molecular complexity index is 743. The van der Waals surface area contributed by atoms with Gasteiger partial charge < -0.3 is 9.63 Å². The van der Waals surface area contributed by atoms with Crippen LogP contribution >= 0.6 is 0 Å². The van der Waals surface area contributed by atoms with Crippen LogP contribution in [0.1, 0.15) is 55.1 Å². The van der Waals surface area contributed by atoms with Crippen molar-refractivity contribution >= 4 is 6.08 Å². The average Bonchev–Trinajstić information content (AvgIpc) is 3.04. The second kappa shape index (κ2) is 6.21. The smallest absolute Gasteiger partial charge is 0.162 e. The van der Waals surface area contributed by atoms with E-state index < -0.39 is 0 Å². The molecule has 2 aliphatic rings. The van der Waals surface area contributed by atoms with E-state index in [1.54, 1.807) is 5.57 Å². The predicted molar refractivity (Wildman–Crippen MR) is 94.3 cm³/mol. The van der Waals surface area contributed by atoms with Crippen molar-refractivity contribution in [2.75, 3.05) is 0 Å². The number of aliphatic hydroxyl groups excluding tert-OH is 1. The van der Waals surface area contributed by atoms with Crippen LogP contribution in [0.2, 0.25) is 0 Å². The van der Waals surface area contributed by atoms with Crippen molar-refractivity contribution in [1.29, 1.82) is 0 Å². The van der Waals surface area contributed by atoms with Crippen molar-refractivity contribution in [3.8, 4) is 0 Å². The molecule has 1 N–H and O–H groups in total. The van der Waals surface area contributed by atoms with Crippen LogP contribution in [0.15, 0.2) is 40.6 Å². The van der Waals surface area contributed by atoms with E-state index in [1.165, 1.54) is 36.8 Å². The van der Waals surface area contributed by atoms with Gasteiger partial charge in [-0.2, -0.15) is 0 Å². The Labute approximate surface area is 143 Å². The van der Waals surface area contributed by atoms with Crippen molar-refractivity contribution in [2.24, 2.45) is 11.3 Å². The van der Waals surface area contributed by atoms with Crippen molar-refractivity contribution in [2.45, 2.75) is 52.1 Å². The number of fused-ring (bicyclic) bond motifs is 2. The highest BCUT2D eigenvalue weighted by atomic mass is 16.5. The molecule has 1 saturated carbocycles. The lowest BCUT2D eigenvalue weighted by Crippen LogP contribution is -2.37. The first-order valence-electron chi connectivity index (χ1n) is 9.02. The molecule has 3 nitrogen and oxygen atoms in total. The average molecular weight is 323 g/mol. The molecule has 2 aliphatic carbocycles. The Morgan fingerprint density at radius 3 is 2.83 bits per heavy atom. The van der Waals surface area contributed by atoms with Gasteiger partial charge in [0.2, 0.25) is 0 Å². The van der Waals surface area contributed by atoms with Gasteiger partial charge in [-0.25, -0.2) is 0 Å². The number of hydrogen-bond donors (Lipinski definition) is 1. The fourth-order valence-electron chi connectivity index (χ4n) is 4.59. The molecule has 126 valence electrons. The molecule has 1 heterocycles. The summed E-state index contributed by atoms with van der Waals surface area (Å²) in [6, 6.07) is 8.39. The van der Waals surface area contributed by atoms with E-state index in [0.29, 0.717) is 5.92 Å². The van der Waals surface area contributed by atoms with Crippen LogP contribution in [-0.2, 0) is 19.4 Å². The highest BCUT2D eigenvalue weighted by Crippen LogP contribution is 2.52. The fraction of sp³-hybridized carbons (Fsp3) is 0.476. The van der Waals surface area contributed by atoms with Gasteiger partial charge in [0.15, 0.2) is 5.76 Å². The summed E-state index contributed by atoms with van der Waals surface area (Å²) in [5.74, 6) is 1.68. The minimum atomic E-state index is 0.121. The molecule has 1 fully saturated rings. The zero-order valence-corrected chi connectivity index (χ0v) is 14.3. The van der Waals surface area contributed by atoms with Gasteiger partial charge in [-0.05, 0) is 67.1 Å². The van der Waals surface area contributed by atoms with Crippen LogP contribution in [-0.4, -0.2) is 10.3 Å². The van der Waals surface area contributed by atoms with E-state index >= 15 is 0 Å². The number of aryl methyl sites for hydroxylation is 1. The number of rotatable bonds is 4. The SMILES string of the molecule is C[C@]12Cc3cnoc3C=C1CCC[C@@H]2CCc1ccc(CO)cc1. The summed E-state index contributed by atoms with van der Waals surface area (Å²) in [4.78, 5) is 0. The minimum absolute atomic E-state index is 0.121. The number of hydrogen-bond acceptors (Lipinski definition) is 3. The van der Waals surface area contributed by atoms with Gasteiger partial charge in [-0.3, -0.25) is 0 Å². The molecule has 4 rings (SSSR count). The zero-order valence-electron chi connectivity index (χ0n) is 14.3. The van der Waals surface area contributed by atoms with Crippen molar-refractivity contribution in [3.05, 3.63) is 58.5 Å². The van der Waals surface area contributed by atoms with Crippen molar-refractivity contribution < 1.29 is 9.63 Å². The Morgan fingerprint density at radius 1 is 1.25 bits per heavy atom. The Morgan fingerprint density at radius 2 is 2.04 bits per heavy atom. The van der Waals surface area contributed by atoms with Crippen LogP contribution in [0.3, 0.4) is 0 Å².